The van der Waals surface area contributed by atoms with Crippen LogP contribution in [0.1, 0.15) is 45.1 Å². The molecule has 3 heteroatoms. The third-order valence-electron chi connectivity index (χ3n) is 3.69. The van der Waals surface area contributed by atoms with E-state index in [1.165, 1.54) is 18.4 Å². The molecular weight excluding hydrogens is 265 g/mol. The lowest BCUT2D eigenvalue weighted by Gasteiger charge is -2.39. The summed E-state index contributed by atoms with van der Waals surface area (Å²) >= 11 is 12.4. The molecule has 1 aliphatic rings. The Bertz CT molecular complexity index is 423. The summed E-state index contributed by atoms with van der Waals surface area (Å²) in [6.07, 6.45) is 2.49. The van der Waals surface area contributed by atoms with Crippen LogP contribution in [0.2, 0.25) is 10.0 Å². The predicted molar refractivity (Wildman–Crippen MR) is 79.7 cm³/mol. The maximum atomic E-state index is 6.30. The zero-order chi connectivity index (χ0) is 13.3. The molecule has 100 valence electrons. The average Bonchev–Trinajstić information content (AvgIpc) is 2.21. The Balaban J connectivity index is 2.04. The molecule has 2 atom stereocenters. The van der Waals surface area contributed by atoms with E-state index in [1.807, 2.05) is 12.1 Å². The molecule has 0 aliphatic heterocycles. The van der Waals surface area contributed by atoms with Gasteiger partial charge >= 0.3 is 0 Å². The predicted octanol–water partition coefficient (Wildman–Crippen LogP) is 4.88. The zero-order valence-corrected chi connectivity index (χ0v) is 12.8. The Labute approximate surface area is 120 Å². The molecule has 1 saturated carbocycles. The van der Waals surface area contributed by atoms with Crippen LogP contribution in [0.15, 0.2) is 18.2 Å². The molecule has 0 bridgehead atoms. The summed E-state index contributed by atoms with van der Waals surface area (Å²) in [6.45, 7) is 7.66. The first kappa shape index (κ1) is 14.2. The Kier molecular flexibility index (Phi) is 4.25. The highest BCUT2D eigenvalue weighted by atomic mass is 35.5. The Hall–Kier alpha value is -0.240. The van der Waals surface area contributed by atoms with Crippen LogP contribution in [0.4, 0.5) is 0 Å². The maximum Gasteiger partial charge on any atom is 0.0627 e. The van der Waals surface area contributed by atoms with E-state index in [0.29, 0.717) is 16.9 Å². The number of hydrogen-bond donors (Lipinski definition) is 1. The van der Waals surface area contributed by atoms with Crippen molar-refractivity contribution in [1.29, 1.82) is 0 Å². The van der Waals surface area contributed by atoms with E-state index in [0.717, 1.165) is 11.6 Å². The summed E-state index contributed by atoms with van der Waals surface area (Å²) in [6, 6.07) is 5.96. The summed E-state index contributed by atoms with van der Waals surface area (Å²) in [4.78, 5) is 0. The second-order valence-corrected chi connectivity index (χ2v) is 7.00. The van der Waals surface area contributed by atoms with Gasteiger partial charge in [0.25, 0.3) is 0 Å². The van der Waals surface area contributed by atoms with Crippen molar-refractivity contribution in [1.82, 2.24) is 5.32 Å². The van der Waals surface area contributed by atoms with E-state index >= 15 is 0 Å². The van der Waals surface area contributed by atoms with Crippen LogP contribution in [0.3, 0.4) is 0 Å². The minimum absolute atomic E-state index is 0.179. The van der Waals surface area contributed by atoms with Crippen molar-refractivity contribution in [3.05, 3.63) is 33.8 Å². The van der Waals surface area contributed by atoms with Gasteiger partial charge in [0.05, 0.1) is 10.0 Å². The molecule has 2 unspecified atom stereocenters. The second kappa shape index (κ2) is 5.40. The fourth-order valence-corrected chi connectivity index (χ4v) is 2.91. The minimum Gasteiger partial charge on any atom is -0.312 e. The number of halogens is 2. The Morgan fingerprint density at radius 2 is 1.94 bits per heavy atom. The average molecular weight is 286 g/mol. The van der Waals surface area contributed by atoms with Crippen molar-refractivity contribution in [3.63, 3.8) is 0 Å². The largest absolute Gasteiger partial charge is 0.312 e. The van der Waals surface area contributed by atoms with Crippen molar-refractivity contribution in [2.45, 2.75) is 45.1 Å². The highest BCUT2D eigenvalue weighted by Crippen LogP contribution is 2.46. The molecule has 0 saturated heterocycles. The normalized spacial score (nSPS) is 23.8. The summed E-state index contributed by atoms with van der Waals surface area (Å²) in [5.74, 6) is 1.24. The molecule has 18 heavy (non-hydrogen) atoms. The smallest absolute Gasteiger partial charge is 0.0627 e. The molecule has 0 amide bonds. The molecule has 1 N–H and O–H groups in total. The van der Waals surface area contributed by atoms with Crippen LogP contribution in [-0.2, 0) is 0 Å². The van der Waals surface area contributed by atoms with Gasteiger partial charge in [-0.15, -0.1) is 0 Å². The third-order valence-corrected chi connectivity index (χ3v) is 4.53. The fourth-order valence-electron chi connectivity index (χ4n) is 2.47. The van der Waals surface area contributed by atoms with Crippen molar-refractivity contribution in [2.75, 3.05) is 6.54 Å². The SMILES string of the molecule is CC(C)(C)NCC1CCC1c1cccc(Cl)c1Cl. The zero-order valence-electron chi connectivity index (χ0n) is 11.3. The number of rotatable bonds is 3. The van der Waals surface area contributed by atoms with Gasteiger partial charge < -0.3 is 5.32 Å². The van der Waals surface area contributed by atoms with Crippen molar-refractivity contribution >= 4 is 23.2 Å². The monoisotopic (exact) mass is 285 g/mol. The minimum atomic E-state index is 0.179. The summed E-state index contributed by atoms with van der Waals surface area (Å²) in [5, 5.41) is 4.99. The first-order valence-corrected chi connectivity index (χ1v) is 7.33. The third kappa shape index (κ3) is 3.20. The number of hydrogen-bond acceptors (Lipinski definition) is 1. The lowest BCUT2D eigenvalue weighted by molar-refractivity contribution is 0.226. The topological polar surface area (TPSA) is 12.0 Å². The number of nitrogens with one attached hydrogen (secondary N) is 1. The van der Waals surface area contributed by atoms with Crippen molar-refractivity contribution < 1.29 is 0 Å². The summed E-state index contributed by atoms with van der Waals surface area (Å²) in [7, 11) is 0. The van der Waals surface area contributed by atoms with Crippen LogP contribution in [-0.4, -0.2) is 12.1 Å². The molecule has 1 aromatic carbocycles. The maximum absolute atomic E-state index is 6.30. The van der Waals surface area contributed by atoms with Crippen molar-refractivity contribution in [2.24, 2.45) is 5.92 Å². The van der Waals surface area contributed by atoms with E-state index in [1.54, 1.807) is 0 Å². The first-order chi connectivity index (χ1) is 8.38. The Morgan fingerprint density at radius 3 is 2.50 bits per heavy atom. The molecule has 1 aromatic rings. The lowest BCUT2D eigenvalue weighted by atomic mass is 9.70. The van der Waals surface area contributed by atoms with Crippen LogP contribution < -0.4 is 5.32 Å². The van der Waals surface area contributed by atoms with Crippen LogP contribution in [0.25, 0.3) is 0 Å². The molecule has 0 spiro atoms. The lowest BCUT2D eigenvalue weighted by Crippen LogP contribution is -2.43. The van der Waals surface area contributed by atoms with Gasteiger partial charge in [-0.25, -0.2) is 0 Å². The molecule has 1 nitrogen and oxygen atoms in total. The fraction of sp³-hybridized carbons (Fsp3) is 0.600. The van der Waals surface area contributed by atoms with Gasteiger partial charge in [-0.2, -0.15) is 0 Å². The molecule has 1 fully saturated rings. The quantitative estimate of drug-likeness (QED) is 0.835. The second-order valence-electron chi connectivity index (χ2n) is 6.22. The van der Waals surface area contributed by atoms with Crippen LogP contribution in [0.5, 0.6) is 0 Å². The van der Waals surface area contributed by atoms with Crippen LogP contribution in [0, 0.1) is 5.92 Å². The molecule has 0 aromatic heterocycles. The molecule has 0 heterocycles. The van der Waals surface area contributed by atoms with Gasteiger partial charge in [0.15, 0.2) is 0 Å². The van der Waals surface area contributed by atoms with Gasteiger partial charge in [-0.1, -0.05) is 35.3 Å². The van der Waals surface area contributed by atoms with E-state index in [4.69, 9.17) is 23.2 Å². The van der Waals surface area contributed by atoms with E-state index in [9.17, 15) is 0 Å². The van der Waals surface area contributed by atoms with Gasteiger partial charge in [0, 0.05) is 5.54 Å². The molecular formula is C15H21Cl2N. The van der Waals surface area contributed by atoms with Gasteiger partial charge in [-0.3, -0.25) is 0 Å². The van der Waals surface area contributed by atoms with Gasteiger partial charge in [-0.05, 0) is 63.6 Å². The molecule has 0 radical (unpaired) electrons. The first-order valence-electron chi connectivity index (χ1n) is 6.57. The number of benzene rings is 1. The summed E-state index contributed by atoms with van der Waals surface area (Å²) < 4.78 is 0. The summed E-state index contributed by atoms with van der Waals surface area (Å²) in [5.41, 5.74) is 1.40. The standard InChI is InChI=1S/C15H21Cl2N/c1-15(2,3)18-9-10-7-8-11(10)12-5-4-6-13(16)14(12)17/h4-6,10-11,18H,7-9H2,1-3H3. The van der Waals surface area contributed by atoms with E-state index in [-0.39, 0.29) is 5.54 Å². The Morgan fingerprint density at radius 1 is 1.22 bits per heavy atom. The molecule has 2 rings (SSSR count). The van der Waals surface area contributed by atoms with Crippen molar-refractivity contribution in [3.8, 4) is 0 Å². The van der Waals surface area contributed by atoms with E-state index in [2.05, 4.69) is 32.2 Å². The van der Waals surface area contributed by atoms with Gasteiger partial charge in [0.2, 0.25) is 0 Å². The molecule has 1 aliphatic carbocycles. The van der Waals surface area contributed by atoms with Crippen LogP contribution >= 0.6 is 23.2 Å². The highest BCUT2D eigenvalue weighted by molar-refractivity contribution is 6.42. The van der Waals surface area contributed by atoms with Gasteiger partial charge in [0.1, 0.15) is 0 Å². The highest BCUT2D eigenvalue weighted by Gasteiger charge is 2.34. The van der Waals surface area contributed by atoms with E-state index < -0.39 is 0 Å².